The number of hydrogen-bond donors (Lipinski definition) is 2. The van der Waals surface area contributed by atoms with Gasteiger partial charge in [0.15, 0.2) is 0 Å². The molecule has 0 aliphatic carbocycles. The first kappa shape index (κ1) is 14.3. The van der Waals surface area contributed by atoms with Gasteiger partial charge in [-0.3, -0.25) is 9.59 Å². The van der Waals surface area contributed by atoms with E-state index in [0.29, 0.717) is 12.8 Å². The fourth-order valence-electron chi connectivity index (χ4n) is 1.14. The molecule has 15 heavy (non-hydrogen) atoms. The number of carbonyl (C=O) groups excluding carboxylic acids is 1. The number of aliphatic carboxylic acids is 1. The van der Waals surface area contributed by atoms with E-state index in [2.05, 4.69) is 5.32 Å². The van der Waals surface area contributed by atoms with Crippen LogP contribution in [0.3, 0.4) is 0 Å². The molecule has 0 fully saturated rings. The van der Waals surface area contributed by atoms with Crippen molar-refractivity contribution in [3.8, 4) is 0 Å². The third-order valence-electron chi connectivity index (χ3n) is 1.95. The minimum atomic E-state index is -0.821. The second kappa shape index (κ2) is 8.59. The van der Waals surface area contributed by atoms with Gasteiger partial charge in [0.25, 0.3) is 0 Å². The Morgan fingerprint density at radius 2 is 2.07 bits per heavy atom. The summed E-state index contributed by atoms with van der Waals surface area (Å²) < 4.78 is 0. The summed E-state index contributed by atoms with van der Waals surface area (Å²) in [6.45, 7) is 1.83. The number of carboxylic acid groups (broad SMARTS) is 1. The van der Waals surface area contributed by atoms with Crippen LogP contribution in [0.5, 0.6) is 0 Å². The van der Waals surface area contributed by atoms with Gasteiger partial charge in [-0.15, -0.1) is 0 Å². The number of hydrogen-bond acceptors (Lipinski definition) is 3. The van der Waals surface area contributed by atoms with Crippen LogP contribution in [-0.4, -0.2) is 35.0 Å². The lowest BCUT2D eigenvalue weighted by atomic mass is 10.2. The van der Waals surface area contributed by atoms with Crippen LogP contribution >= 0.6 is 11.8 Å². The fourth-order valence-corrected chi connectivity index (χ4v) is 1.57. The fraction of sp³-hybridized carbons (Fsp3) is 0.800. The molecule has 1 atom stereocenters. The van der Waals surface area contributed by atoms with Crippen molar-refractivity contribution in [2.75, 3.05) is 12.0 Å². The molecule has 0 spiro atoms. The highest BCUT2D eigenvalue weighted by Crippen LogP contribution is 2.01. The molecule has 0 heterocycles. The van der Waals surface area contributed by atoms with E-state index in [1.807, 2.05) is 13.2 Å². The Bertz CT molecular complexity index is 209. The predicted octanol–water partition coefficient (Wildman–Crippen LogP) is 1.50. The van der Waals surface area contributed by atoms with Crippen LogP contribution in [0.4, 0.5) is 0 Å². The lowest BCUT2D eigenvalue weighted by molar-refractivity contribution is -0.137. The SMILES string of the molecule is CSCCCC(=O)NC(C)CCC(=O)O. The molecule has 2 N–H and O–H groups in total. The molecule has 1 unspecified atom stereocenters. The first-order valence-electron chi connectivity index (χ1n) is 5.06. The summed E-state index contributed by atoms with van der Waals surface area (Å²) in [5.74, 6) is 0.178. The van der Waals surface area contributed by atoms with Crippen LogP contribution < -0.4 is 5.32 Å². The van der Waals surface area contributed by atoms with Gasteiger partial charge >= 0.3 is 5.97 Å². The van der Waals surface area contributed by atoms with Crippen molar-refractivity contribution in [1.29, 1.82) is 0 Å². The van der Waals surface area contributed by atoms with Crippen molar-refractivity contribution in [2.45, 2.75) is 38.6 Å². The van der Waals surface area contributed by atoms with Crippen LogP contribution in [0.25, 0.3) is 0 Å². The zero-order chi connectivity index (χ0) is 11.7. The molecule has 0 radical (unpaired) electrons. The predicted molar refractivity (Wildman–Crippen MR) is 62.1 cm³/mol. The van der Waals surface area contributed by atoms with Crippen molar-refractivity contribution >= 4 is 23.6 Å². The van der Waals surface area contributed by atoms with Crippen LogP contribution in [0.1, 0.15) is 32.6 Å². The molecule has 0 saturated heterocycles. The molecule has 0 aromatic rings. The highest BCUT2D eigenvalue weighted by molar-refractivity contribution is 7.98. The Balaban J connectivity index is 3.53. The maximum atomic E-state index is 11.3. The van der Waals surface area contributed by atoms with E-state index in [1.54, 1.807) is 11.8 Å². The maximum Gasteiger partial charge on any atom is 0.303 e. The van der Waals surface area contributed by atoms with E-state index >= 15 is 0 Å². The second-order valence-corrected chi connectivity index (χ2v) is 4.48. The number of rotatable bonds is 8. The van der Waals surface area contributed by atoms with E-state index in [0.717, 1.165) is 12.2 Å². The molecule has 0 aliphatic heterocycles. The van der Waals surface area contributed by atoms with Gasteiger partial charge in [0.2, 0.25) is 5.91 Å². The first-order valence-corrected chi connectivity index (χ1v) is 6.45. The van der Waals surface area contributed by atoms with Crippen molar-refractivity contribution in [3.63, 3.8) is 0 Å². The van der Waals surface area contributed by atoms with E-state index in [9.17, 15) is 9.59 Å². The highest BCUT2D eigenvalue weighted by Gasteiger charge is 2.08. The molecule has 5 heteroatoms. The lowest BCUT2D eigenvalue weighted by Gasteiger charge is -2.12. The van der Waals surface area contributed by atoms with E-state index in [4.69, 9.17) is 5.11 Å². The molecule has 4 nitrogen and oxygen atoms in total. The molecular formula is C10H19NO3S. The van der Waals surface area contributed by atoms with E-state index < -0.39 is 5.97 Å². The van der Waals surface area contributed by atoms with Gasteiger partial charge in [0, 0.05) is 18.9 Å². The Hall–Kier alpha value is -0.710. The van der Waals surface area contributed by atoms with Gasteiger partial charge < -0.3 is 10.4 Å². The van der Waals surface area contributed by atoms with Crippen molar-refractivity contribution in [1.82, 2.24) is 5.32 Å². The first-order chi connectivity index (χ1) is 7.06. The maximum absolute atomic E-state index is 11.3. The monoisotopic (exact) mass is 233 g/mol. The third kappa shape index (κ3) is 9.59. The summed E-state index contributed by atoms with van der Waals surface area (Å²) in [5, 5.41) is 11.2. The third-order valence-corrected chi connectivity index (χ3v) is 2.65. The highest BCUT2D eigenvalue weighted by atomic mass is 32.2. The molecule has 0 saturated carbocycles. The van der Waals surface area contributed by atoms with Crippen LogP contribution in [0.2, 0.25) is 0 Å². The number of carboxylic acids is 1. The number of nitrogens with one attached hydrogen (secondary N) is 1. The molecule has 1 amide bonds. The molecule has 0 bridgehead atoms. The van der Waals surface area contributed by atoms with Crippen molar-refractivity contribution in [2.24, 2.45) is 0 Å². The molecule has 0 aromatic carbocycles. The molecule has 88 valence electrons. The molecule has 0 aliphatic rings. The van der Waals surface area contributed by atoms with E-state index in [-0.39, 0.29) is 18.4 Å². The van der Waals surface area contributed by atoms with Crippen LogP contribution in [-0.2, 0) is 9.59 Å². The van der Waals surface area contributed by atoms with Crippen molar-refractivity contribution < 1.29 is 14.7 Å². The number of carbonyl (C=O) groups is 2. The topological polar surface area (TPSA) is 66.4 Å². The van der Waals surface area contributed by atoms with Gasteiger partial charge in [0.05, 0.1) is 0 Å². The summed E-state index contributed by atoms with van der Waals surface area (Å²) in [4.78, 5) is 21.6. The summed E-state index contributed by atoms with van der Waals surface area (Å²) >= 11 is 1.72. The molecular weight excluding hydrogens is 214 g/mol. The van der Waals surface area contributed by atoms with Crippen LogP contribution in [0.15, 0.2) is 0 Å². The number of amides is 1. The summed E-state index contributed by atoms with van der Waals surface area (Å²) in [7, 11) is 0. The van der Waals surface area contributed by atoms with Gasteiger partial charge in [-0.2, -0.15) is 11.8 Å². The average Bonchev–Trinajstić information content (AvgIpc) is 2.15. The lowest BCUT2D eigenvalue weighted by Crippen LogP contribution is -2.32. The van der Waals surface area contributed by atoms with E-state index in [1.165, 1.54) is 0 Å². The van der Waals surface area contributed by atoms with Gasteiger partial charge in [-0.05, 0) is 31.8 Å². The van der Waals surface area contributed by atoms with Gasteiger partial charge in [0.1, 0.15) is 0 Å². The standard InChI is InChI=1S/C10H19NO3S/c1-8(5-6-10(13)14)11-9(12)4-3-7-15-2/h8H,3-7H2,1-2H3,(H,11,12)(H,13,14). The van der Waals surface area contributed by atoms with Crippen LogP contribution in [0, 0.1) is 0 Å². The summed E-state index contributed by atoms with van der Waals surface area (Å²) in [6.07, 6.45) is 4.00. The molecule has 0 rings (SSSR count). The Morgan fingerprint density at radius 3 is 2.60 bits per heavy atom. The average molecular weight is 233 g/mol. The zero-order valence-electron chi connectivity index (χ0n) is 9.28. The normalized spacial score (nSPS) is 12.1. The largest absolute Gasteiger partial charge is 0.481 e. The quantitative estimate of drug-likeness (QED) is 0.623. The molecule has 0 aromatic heterocycles. The Morgan fingerprint density at radius 1 is 1.40 bits per heavy atom. The minimum absolute atomic E-state index is 0.0157. The van der Waals surface area contributed by atoms with Crippen molar-refractivity contribution in [3.05, 3.63) is 0 Å². The smallest absolute Gasteiger partial charge is 0.303 e. The minimum Gasteiger partial charge on any atom is -0.481 e. The second-order valence-electron chi connectivity index (χ2n) is 3.50. The van der Waals surface area contributed by atoms with Gasteiger partial charge in [-0.1, -0.05) is 0 Å². The number of thioether (sulfide) groups is 1. The Kier molecular flexibility index (Phi) is 8.18. The summed E-state index contributed by atoms with van der Waals surface area (Å²) in [5.41, 5.74) is 0. The Labute approximate surface area is 94.8 Å². The summed E-state index contributed by atoms with van der Waals surface area (Å²) in [6, 6.07) is -0.0529. The van der Waals surface area contributed by atoms with Gasteiger partial charge in [-0.25, -0.2) is 0 Å². The zero-order valence-corrected chi connectivity index (χ0v) is 10.1.